The van der Waals surface area contributed by atoms with Crippen molar-refractivity contribution < 1.29 is 9.18 Å². The second-order valence-electron chi connectivity index (χ2n) is 5.72. The lowest BCUT2D eigenvalue weighted by Gasteiger charge is -2.18. The number of carbonyl (C=O) groups is 1. The Kier molecular flexibility index (Phi) is 4.19. The number of hydrogen-bond donors (Lipinski definition) is 1. The molecule has 1 N–H and O–H groups in total. The van der Waals surface area contributed by atoms with Gasteiger partial charge in [0.15, 0.2) is 11.5 Å². The van der Waals surface area contributed by atoms with Crippen LogP contribution in [-0.4, -0.2) is 33.9 Å². The first-order valence-electron chi connectivity index (χ1n) is 7.25. The molecule has 1 aromatic carbocycles. The average Bonchev–Trinajstić information content (AvgIpc) is 2.85. The largest absolute Gasteiger partial charge is 0.306 e. The minimum Gasteiger partial charge on any atom is -0.306 e. The van der Waals surface area contributed by atoms with Crippen molar-refractivity contribution in [1.29, 1.82) is 0 Å². The van der Waals surface area contributed by atoms with E-state index in [2.05, 4.69) is 20.4 Å². The Morgan fingerprint density at radius 3 is 2.75 bits per heavy atom. The Hall–Kier alpha value is -2.54. The van der Waals surface area contributed by atoms with Gasteiger partial charge in [0.05, 0.1) is 17.8 Å². The number of rotatable bonds is 2. The molecule has 1 atom stereocenters. The van der Waals surface area contributed by atoms with Gasteiger partial charge in [-0.1, -0.05) is 17.7 Å². The maximum Gasteiger partial charge on any atom is 0.259 e. The summed E-state index contributed by atoms with van der Waals surface area (Å²) in [4.78, 5) is 19.7. The number of carbonyl (C=O) groups excluding carboxylic acids is 1. The molecule has 24 heavy (non-hydrogen) atoms. The highest BCUT2D eigenvalue weighted by molar-refractivity contribution is 6.31. The van der Waals surface area contributed by atoms with Crippen LogP contribution < -0.4 is 10.3 Å². The molecule has 6 nitrogen and oxygen atoms in total. The summed E-state index contributed by atoms with van der Waals surface area (Å²) in [6.45, 7) is 3.23. The monoisotopic (exact) mass is 347 g/mol. The number of aromatic nitrogens is 2. The van der Waals surface area contributed by atoms with Crippen LogP contribution >= 0.6 is 11.6 Å². The molecule has 1 aliphatic heterocycles. The Labute approximate surface area is 143 Å². The molecule has 2 heterocycles. The van der Waals surface area contributed by atoms with Gasteiger partial charge in [0, 0.05) is 17.4 Å². The van der Waals surface area contributed by atoms with Crippen molar-refractivity contribution in [3.63, 3.8) is 0 Å². The molecule has 0 unspecified atom stereocenters. The summed E-state index contributed by atoms with van der Waals surface area (Å²) >= 11 is 6.11. The molecule has 124 valence electrons. The van der Waals surface area contributed by atoms with E-state index in [1.807, 2.05) is 13.0 Å². The van der Waals surface area contributed by atoms with E-state index in [0.29, 0.717) is 10.7 Å². The number of amidine groups is 1. The van der Waals surface area contributed by atoms with Crippen LogP contribution in [0.15, 0.2) is 42.0 Å². The number of benzene rings is 1. The van der Waals surface area contributed by atoms with E-state index in [0.717, 1.165) is 5.56 Å². The van der Waals surface area contributed by atoms with E-state index in [9.17, 15) is 9.18 Å². The van der Waals surface area contributed by atoms with Crippen LogP contribution in [0.5, 0.6) is 0 Å². The summed E-state index contributed by atoms with van der Waals surface area (Å²) in [7, 11) is 0. The van der Waals surface area contributed by atoms with Crippen LogP contribution in [0, 0.1) is 6.92 Å². The first kappa shape index (κ1) is 16.3. The van der Waals surface area contributed by atoms with Gasteiger partial charge in [-0.05, 0) is 31.5 Å². The number of hydrogen-bond acceptors (Lipinski definition) is 5. The molecular formula is C16H15ClFN5O. The molecule has 8 heteroatoms. The third kappa shape index (κ3) is 3.21. The zero-order valence-electron chi connectivity index (χ0n) is 13.1. The highest BCUT2D eigenvalue weighted by Gasteiger charge is 2.40. The van der Waals surface area contributed by atoms with E-state index in [4.69, 9.17) is 11.6 Å². The molecule has 1 aliphatic rings. The van der Waals surface area contributed by atoms with E-state index in [1.54, 1.807) is 12.1 Å². The lowest BCUT2D eigenvalue weighted by atomic mass is 10.1. The van der Waals surface area contributed by atoms with Gasteiger partial charge in [-0.15, -0.1) is 0 Å². The second-order valence-corrected chi connectivity index (χ2v) is 6.13. The molecule has 0 saturated heterocycles. The number of halogens is 2. The average molecular weight is 348 g/mol. The Morgan fingerprint density at radius 1 is 1.38 bits per heavy atom. The molecule has 0 bridgehead atoms. The number of alkyl halides is 1. The van der Waals surface area contributed by atoms with Gasteiger partial charge in [-0.2, -0.15) is 5.10 Å². The predicted octanol–water partition coefficient (Wildman–Crippen LogP) is 2.73. The van der Waals surface area contributed by atoms with Crippen LogP contribution in [0.25, 0.3) is 0 Å². The van der Waals surface area contributed by atoms with Crippen molar-refractivity contribution in [3.05, 3.63) is 53.1 Å². The third-order valence-electron chi connectivity index (χ3n) is 3.67. The van der Waals surface area contributed by atoms with E-state index >= 15 is 0 Å². The molecule has 0 spiro atoms. The fourth-order valence-corrected chi connectivity index (χ4v) is 2.43. The van der Waals surface area contributed by atoms with Crippen molar-refractivity contribution in [3.8, 4) is 0 Å². The van der Waals surface area contributed by atoms with Gasteiger partial charge >= 0.3 is 0 Å². The summed E-state index contributed by atoms with van der Waals surface area (Å²) in [6, 6.07) is 5.35. The quantitative estimate of drug-likeness (QED) is 0.906. The summed E-state index contributed by atoms with van der Waals surface area (Å²) in [6.07, 6.45) is 4.02. The molecule has 0 saturated carbocycles. The van der Waals surface area contributed by atoms with Crippen molar-refractivity contribution in [1.82, 2.24) is 15.3 Å². The van der Waals surface area contributed by atoms with E-state index in [-0.39, 0.29) is 17.9 Å². The molecule has 1 aromatic heterocycles. The molecule has 0 radical (unpaired) electrons. The Bertz CT molecular complexity index is 809. The molecule has 2 aromatic rings. The van der Waals surface area contributed by atoms with Crippen LogP contribution in [0.4, 0.5) is 10.1 Å². The minimum absolute atomic E-state index is 0.0205. The van der Waals surface area contributed by atoms with Gasteiger partial charge in [0.2, 0.25) is 0 Å². The summed E-state index contributed by atoms with van der Waals surface area (Å²) in [5, 5.41) is 8.73. The Morgan fingerprint density at radius 2 is 2.08 bits per heavy atom. The van der Waals surface area contributed by atoms with Crippen molar-refractivity contribution >= 4 is 29.0 Å². The third-order valence-corrected chi connectivity index (χ3v) is 4.08. The number of amides is 1. The van der Waals surface area contributed by atoms with Crippen LogP contribution in [-0.2, 0) is 0 Å². The van der Waals surface area contributed by atoms with Gasteiger partial charge in [-0.3, -0.25) is 9.80 Å². The highest BCUT2D eigenvalue weighted by Crippen LogP contribution is 2.29. The first-order valence-corrected chi connectivity index (χ1v) is 7.63. The summed E-state index contributed by atoms with van der Waals surface area (Å²) in [5.74, 6) is -0.574. The lowest BCUT2D eigenvalue weighted by molar-refractivity contribution is 0.0971. The molecular weight excluding hydrogens is 333 g/mol. The highest BCUT2D eigenvalue weighted by atomic mass is 35.5. The smallest absolute Gasteiger partial charge is 0.259 e. The van der Waals surface area contributed by atoms with Gasteiger partial charge in [0.1, 0.15) is 6.33 Å². The summed E-state index contributed by atoms with van der Waals surface area (Å²) in [5.41, 5.74) is 0.00153. The van der Waals surface area contributed by atoms with Crippen molar-refractivity contribution in [2.24, 2.45) is 5.10 Å². The van der Waals surface area contributed by atoms with Crippen LogP contribution in [0.1, 0.15) is 22.8 Å². The normalized spacial score (nSPS) is 20.0. The molecule has 0 fully saturated rings. The number of nitrogens with zero attached hydrogens (tertiary/aromatic N) is 4. The Balaban J connectivity index is 1.84. The zero-order chi connectivity index (χ0) is 17.3. The van der Waals surface area contributed by atoms with Gasteiger partial charge in [0.25, 0.3) is 5.91 Å². The van der Waals surface area contributed by atoms with Crippen molar-refractivity contribution in [2.75, 3.05) is 11.6 Å². The van der Waals surface area contributed by atoms with Crippen LogP contribution in [0.3, 0.4) is 0 Å². The zero-order valence-corrected chi connectivity index (χ0v) is 13.9. The maximum absolute atomic E-state index is 14.8. The topological polar surface area (TPSA) is 70.5 Å². The van der Waals surface area contributed by atoms with E-state index < -0.39 is 11.6 Å². The predicted molar refractivity (Wildman–Crippen MR) is 90.0 cm³/mol. The first-order chi connectivity index (χ1) is 11.4. The van der Waals surface area contributed by atoms with Gasteiger partial charge < -0.3 is 5.32 Å². The number of aryl methyl sites for hydroxylation is 1. The SMILES string of the molecule is Cc1ccc(N2C[C@@](C)(F)C(NC(=O)c3cncnc3)=N2)cc1Cl. The second kappa shape index (κ2) is 6.16. The summed E-state index contributed by atoms with van der Waals surface area (Å²) < 4.78 is 14.8. The van der Waals surface area contributed by atoms with Crippen LogP contribution in [0.2, 0.25) is 5.02 Å². The molecule has 1 amide bonds. The number of nitrogens with one attached hydrogen (secondary N) is 1. The van der Waals surface area contributed by atoms with Crippen molar-refractivity contribution in [2.45, 2.75) is 19.5 Å². The fraction of sp³-hybridized carbons (Fsp3) is 0.250. The number of hydrazone groups is 1. The number of anilines is 1. The minimum atomic E-state index is -1.80. The lowest BCUT2D eigenvalue weighted by Crippen LogP contribution is -2.43. The van der Waals surface area contributed by atoms with Gasteiger partial charge in [-0.25, -0.2) is 14.4 Å². The molecule has 0 aliphatic carbocycles. The molecule has 3 rings (SSSR count). The standard InChI is InChI=1S/C16H15ClFN5O/c1-10-3-4-12(5-13(10)17)23-8-16(2,18)15(22-23)21-14(24)11-6-19-9-20-7-11/h3-7,9H,8H2,1-2H3,(H,21,22,24)/t16-/m1/s1. The van der Waals surface area contributed by atoms with E-state index in [1.165, 1.54) is 30.7 Å². The maximum atomic E-state index is 14.8. The fourth-order valence-electron chi connectivity index (χ4n) is 2.26.